The third kappa shape index (κ3) is 2.26. The van der Waals surface area contributed by atoms with Gasteiger partial charge in [0, 0.05) is 11.8 Å². The SMILES string of the molecule is COC(=O)c1nn(-c2ccccc2CC=O)c2ccccc12. The molecule has 0 aliphatic heterocycles. The van der Waals surface area contributed by atoms with Crippen LogP contribution in [0.3, 0.4) is 0 Å². The summed E-state index contributed by atoms with van der Waals surface area (Å²) in [6.07, 6.45) is 1.14. The van der Waals surface area contributed by atoms with E-state index in [1.807, 2.05) is 48.5 Å². The van der Waals surface area contributed by atoms with E-state index < -0.39 is 5.97 Å². The number of aromatic nitrogens is 2. The van der Waals surface area contributed by atoms with Crippen molar-refractivity contribution < 1.29 is 14.3 Å². The maximum atomic E-state index is 11.9. The monoisotopic (exact) mass is 294 g/mol. The maximum Gasteiger partial charge on any atom is 0.359 e. The highest BCUT2D eigenvalue weighted by Crippen LogP contribution is 2.24. The van der Waals surface area contributed by atoms with Gasteiger partial charge in [0.2, 0.25) is 0 Å². The zero-order valence-electron chi connectivity index (χ0n) is 12.0. The number of rotatable bonds is 4. The minimum Gasteiger partial charge on any atom is -0.464 e. The van der Waals surface area contributed by atoms with Crippen LogP contribution in [-0.4, -0.2) is 29.1 Å². The molecule has 0 atom stereocenters. The standard InChI is InChI=1S/C17H14N2O3/c1-22-17(21)16-13-7-3-5-9-15(13)19(18-16)14-8-4-2-6-12(14)10-11-20/h2-9,11H,10H2,1H3. The van der Waals surface area contributed by atoms with Crippen LogP contribution in [0.15, 0.2) is 48.5 Å². The van der Waals surface area contributed by atoms with Crippen molar-refractivity contribution in [3.05, 3.63) is 59.8 Å². The summed E-state index contributed by atoms with van der Waals surface area (Å²) in [5, 5.41) is 5.12. The van der Waals surface area contributed by atoms with Crippen molar-refractivity contribution in [1.82, 2.24) is 9.78 Å². The van der Waals surface area contributed by atoms with Crippen LogP contribution < -0.4 is 0 Å². The molecule has 0 N–H and O–H groups in total. The number of carbonyl (C=O) groups excluding carboxylic acids is 2. The highest BCUT2D eigenvalue weighted by Gasteiger charge is 2.19. The first-order valence-corrected chi connectivity index (χ1v) is 6.84. The summed E-state index contributed by atoms with van der Waals surface area (Å²) in [6.45, 7) is 0. The topological polar surface area (TPSA) is 61.2 Å². The van der Waals surface area contributed by atoms with Crippen LogP contribution >= 0.6 is 0 Å². The largest absolute Gasteiger partial charge is 0.464 e. The van der Waals surface area contributed by atoms with Gasteiger partial charge >= 0.3 is 5.97 Å². The van der Waals surface area contributed by atoms with Gasteiger partial charge in [-0.2, -0.15) is 5.10 Å². The quantitative estimate of drug-likeness (QED) is 0.548. The van der Waals surface area contributed by atoms with Gasteiger partial charge < -0.3 is 9.53 Å². The number of hydrogen-bond donors (Lipinski definition) is 0. The van der Waals surface area contributed by atoms with Gasteiger partial charge in [0.25, 0.3) is 0 Å². The van der Waals surface area contributed by atoms with E-state index in [0.29, 0.717) is 0 Å². The average molecular weight is 294 g/mol. The van der Waals surface area contributed by atoms with Gasteiger partial charge in [0.05, 0.1) is 18.3 Å². The van der Waals surface area contributed by atoms with Crippen molar-refractivity contribution in [3.8, 4) is 5.69 Å². The second-order valence-electron chi connectivity index (χ2n) is 4.77. The highest BCUT2D eigenvalue weighted by molar-refractivity contribution is 6.02. The molecule has 0 bridgehead atoms. The molecule has 0 fully saturated rings. The van der Waals surface area contributed by atoms with E-state index in [-0.39, 0.29) is 12.1 Å². The third-order valence-electron chi connectivity index (χ3n) is 3.49. The zero-order chi connectivity index (χ0) is 15.5. The fraction of sp³-hybridized carbons (Fsp3) is 0.118. The molecule has 0 aliphatic carbocycles. The Hall–Kier alpha value is -2.95. The first-order valence-electron chi connectivity index (χ1n) is 6.84. The molecule has 3 rings (SSSR count). The number of fused-ring (bicyclic) bond motifs is 1. The maximum absolute atomic E-state index is 11.9. The van der Waals surface area contributed by atoms with Crippen molar-refractivity contribution in [3.63, 3.8) is 0 Å². The van der Waals surface area contributed by atoms with E-state index in [4.69, 9.17) is 4.74 Å². The Labute approximate surface area is 127 Å². The highest BCUT2D eigenvalue weighted by atomic mass is 16.5. The lowest BCUT2D eigenvalue weighted by Crippen LogP contribution is -2.06. The molecule has 0 saturated heterocycles. The molecule has 0 amide bonds. The van der Waals surface area contributed by atoms with Crippen molar-refractivity contribution in [1.29, 1.82) is 0 Å². The van der Waals surface area contributed by atoms with Crippen molar-refractivity contribution in [2.75, 3.05) is 7.11 Å². The molecule has 1 aromatic heterocycles. The lowest BCUT2D eigenvalue weighted by atomic mass is 10.1. The smallest absolute Gasteiger partial charge is 0.359 e. The summed E-state index contributed by atoms with van der Waals surface area (Å²) in [6, 6.07) is 14.9. The first kappa shape index (κ1) is 14.0. The van der Waals surface area contributed by atoms with Crippen molar-refractivity contribution >= 4 is 23.2 Å². The molecule has 22 heavy (non-hydrogen) atoms. The van der Waals surface area contributed by atoms with E-state index in [0.717, 1.165) is 28.4 Å². The van der Waals surface area contributed by atoms with Crippen molar-refractivity contribution in [2.24, 2.45) is 0 Å². The zero-order valence-corrected chi connectivity index (χ0v) is 12.0. The predicted octanol–water partition coefficient (Wildman–Crippen LogP) is 2.55. The van der Waals surface area contributed by atoms with Crippen LogP contribution in [0.1, 0.15) is 16.1 Å². The number of hydrogen-bond acceptors (Lipinski definition) is 4. The second kappa shape index (κ2) is 5.81. The Morgan fingerprint density at radius 1 is 1.18 bits per heavy atom. The fourth-order valence-corrected chi connectivity index (χ4v) is 2.48. The summed E-state index contributed by atoms with van der Waals surface area (Å²) in [5.74, 6) is -0.484. The van der Waals surface area contributed by atoms with Gasteiger partial charge in [-0.05, 0) is 17.7 Å². The van der Waals surface area contributed by atoms with Gasteiger partial charge in [-0.25, -0.2) is 9.48 Å². The van der Waals surface area contributed by atoms with E-state index in [1.54, 1.807) is 4.68 Å². The summed E-state index contributed by atoms with van der Waals surface area (Å²) >= 11 is 0. The molecule has 0 spiro atoms. The molecule has 0 radical (unpaired) electrons. The van der Waals surface area contributed by atoms with E-state index in [2.05, 4.69) is 5.10 Å². The molecule has 0 saturated carbocycles. The number of aldehydes is 1. The number of nitrogens with zero attached hydrogens (tertiary/aromatic N) is 2. The molecule has 0 aliphatic rings. The Kier molecular flexibility index (Phi) is 3.70. The fourth-order valence-electron chi connectivity index (χ4n) is 2.48. The van der Waals surface area contributed by atoms with Gasteiger partial charge in [-0.3, -0.25) is 0 Å². The van der Waals surface area contributed by atoms with Crippen LogP contribution in [0, 0.1) is 0 Å². The number of carbonyl (C=O) groups is 2. The van der Waals surface area contributed by atoms with Gasteiger partial charge in [0.15, 0.2) is 5.69 Å². The number of esters is 1. The summed E-state index contributed by atoms with van der Waals surface area (Å²) in [7, 11) is 1.33. The lowest BCUT2D eigenvalue weighted by Gasteiger charge is -2.08. The van der Waals surface area contributed by atoms with Crippen LogP contribution in [0.5, 0.6) is 0 Å². The molecule has 5 nitrogen and oxygen atoms in total. The molecule has 110 valence electrons. The Balaban J connectivity index is 2.28. The van der Waals surface area contributed by atoms with E-state index in [9.17, 15) is 9.59 Å². The number of benzene rings is 2. The Morgan fingerprint density at radius 2 is 1.91 bits per heavy atom. The lowest BCUT2D eigenvalue weighted by molar-refractivity contribution is -0.107. The molecular weight excluding hydrogens is 280 g/mol. The molecule has 1 heterocycles. The predicted molar refractivity (Wildman–Crippen MR) is 82.2 cm³/mol. The third-order valence-corrected chi connectivity index (χ3v) is 3.49. The van der Waals surface area contributed by atoms with Crippen LogP contribution in [0.25, 0.3) is 16.6 Å². The average Bonchev–Trinajstić information content (AvgIpc) is 2.95. The Bertz CT molecular complexity index is 852. The Morgan fingerprint density at radius 3 is 2.68 bits per heavy atom. The van der Waals surface area contributed by atoms with Gasteiger partial charge in [0.1, 0.15) is 6.29 Å². The molecule has 2 aromatic carbocycles. The van der Waals surface area contributed by atoms with Crippen LogP contribution in [-0.2, 0) is 16.0 Å². The number of methoxy groups -OCH3 is 1. The van der Waals surface area contributed by atoms with E-state index in [1.165, 1.54) is 7.11 Å². The minimum atomic E-state index is -0.484. The molecule has 0 unspecified atom stereocenters. The molecule has 5 heteroatoms. The first-order chi connectivity index (χ1) is 10.8. The van der Waals surface area contributed by atoms with Crippen molar-refractivity contribution in [2.45, 2.75) is 6.42 Å². The molecule has 3 aromatic rings. The number of ether oxygens (including phenoxy) is 1. The van der Waals surface area contributed by atoms with Crippen LogP contribution in [0.2, 0.25) is 0 Å². The normalized spacial score (nSPS) is 10.6. The number of para-hydroxylation sites is 2. The second-order valence-corrected chi connectivity index (χ2v) is 4.77. The van der Waals surface area contributed by atoms with Gasteiger partial charge in [-0.15, -0.1) is 0 Å². The summed E-state index contributed by atoms with van der Waals surface area (Å²) in [4.78, 5) is 22.8. The minimum absolute atomic E-state index is 0.263. The summed E-state index contributed by atoms with van der Waals surface area (Å²) in [5.41, 5.74) is 2.68. The van der Waals surface area contributed by atoms with Gasteiger partial charge in [-0.1, -0.05) is 36.4 Å². The summed E-state index contributed by atoms with van der Waals surface area (Å²) < 4.78 is 6.48. The molecular formula is C17H14N2O3. The van der Waals surface area contributed by atoms with Crippen LogP contribution in [0.4, 0.5) is 0 Å². The van der Waals surface area contributed by atoms with E-state index >= 15 is 0 Å².